The molecule has 16 nitrogen and oxygen atoms in total. The maximum atomic E-state index is 12.6. The summed E-state index contributed by atoms with van der Waals surface area (Å²) in [5.74, 6) is -6.06. The maximum Gasteiger partial charge on any atom is 0.326 e. The first kappa shape index (κ1) is 28.0. The van der Waals surface area contributed by atoms with E-state index in [0.717, 1.165) is 0 Å². The molecule has 1 rings (SSSR count). The lowest BCUT2D eigenvalue weighted by Gasteiger charge is -2.23. The number of amides is 5. The number of carboxylic acids is 1. The average Bonchev–Trinajstić information content (AvgIpc) is 3.27. The third kappa shape index (κ3) is 9.61. The van der Waals surface area contributed by atoms with E-state index in [1.54, 1.807) is 0 Å². The van der Waals surface area contributed by atoms with Crippen molar-refractivity contribution in [3.8, 4) is 0 Å². The van der Waals surface area contributed by atoms with Crippen LogP contribution in [0.5, 0.6) is 0 Å². The number of carbonyl (C=O) groups is 6. The van der Waals surface area contributed by atoms with Gasteiger partial charge < -0.3 is 48.3 Å². The van der Waals surface area contributed by atoms with Crippen molar-refractivity contribution in [2.75, 3.05) is 6.61 Å². The molecule has 4 unspecified atom stereocenters. The fraction of sp³-hybridized carbons (Fsp3) is 0.500. The van der Waals surface area contributed by atoms with E-state index in [1.807, 2.05) is 0 Å². The van der Waals surface area contributed by atoms with Crippen molar-refractivity contribution in [3.63, 3.8) is 0 Å². The summed E-state index contributed by atoms with van der Waals surface area (Å²) in [5.41, 5.74) is 16.1. The van der Waals surface area contributed by atoms with Gasteiger partial charge in [-0.2, -0.15) is 0 Å². The number of nitrogens with one attached hydrogen (secondary N) is 4. The number of aliphatic carboxylic acids is 1. The number of imidazole rings is 1. The fourth-order valence-corrected chi connectivity index (χ4v) is 2.67. The normalized spacial score (nSPS) is 14.2. The van der Waals surface area contributed by atoms with Crippen LogP contribution in [-0.4, -0.2) is 86.5 Å². The Kier molecular flexibility index (Phi) is 11.1. The van der Waals surface area contributed by atoms with Gasteiger partial charge in [0.1, 0.15) is 18.1 Å². The number of aromatic nitrogens is 2. The molecule has 5 amide bonds. The number of nitrogens with zero attached hydrogens (tertiary/aromatic N) is 1. The van der Waals surface area contributed by atoms with Crippen molar-refractivity contribution in [1.29, 1.82) is 0 Å². The van der Waals surface area contributed by atoms with Crippen molar-refractivity contribution >= 4 is 35.5 Å². The van der Waals surface area contributed by atoms with Crippen LogP contribution >= 0.6 is 0 Å². The molecule has 0 saturated carbocycles. The summed E-state index contributed by atoms with van der Waals surface area (Å²) in [4.78, 5) is 77.3. The first-order valence-corrected chi connectivity index (χ1v) is 9.98. The Morgan fingerprint density at radius 1 is 0.941 bits per heavy atom. The predicted molar refractivity (Wildman–Crippen MR) is 113 cm³/mol. The Morgan fingerprint density at radius 2 is 1.53 bits per heavy atom. The van der Waals surface area contributed by atoms with Gasteiger partial charge in [0.15, 0.2) is 0 Å². The first-order chi connectivity index (χ1) is 15.9. The maximum absolute atomic E-state index is 12.6. The number of nitrogens with two attached hydrogens (primary N) is 3. The van der Waals surface area contributed by atoms with Gasteiger partial charge in [0.25, 0.3) is 0 Å². The van der Waals surface area contributed by atoms with Crippen LogP contribution in [-0.2, 0) is 35.2 Å². The number of carbonyl (C=O) groups excluding carboxylic acids is 5. The second-order valence-corrected chi connectivity index (χ2v) is 7.27. The van der Waals surface area contributed by atoms with Crippen LogP contribution in [0.2, 0.25) is 0 Å². The summed E-state index contributed by atoms with van der Waals surface area (Å²) in [6.45, 7) is -0.900. The van der Waals surface area contributed by atoms with Crippen LogP contribution in [0, 0.1) is 0 Å². The summed E-state index contributed by atoms with van der Waals surface area (Å²) < 4.78 is 0. The van der Waals surface area contributed by atoms with E-state index >= 15 is 0 Å². The van der Waals surface area contributed by atoms with Gasteiger partial charge in [-0.1, -0.05) is 0 Å². The third-order valence-corrected chi connectivity index (χ3v) is 4.49. The molecule has 0 aliphatic carbocycles. The van der Waals surface area contributed by atoms with E-state index in [1.165, 1.54) is 12.5 Å². The smallest absolute Gasteiger partial charge is 0.326 e. The highest BCUT2D eigenvalue weighted by molar-refractivity contribution is 5.96. The van der Waals surface area contributed by atoms with Gasteiger partial charge in [0.2, 0.25) is 29.5 Å². The molecule has 0 aromatic carbocycles. The zero-order valence-electron chi connectivity index (χ0n) is 18.0. The molecular formula is C18H28N8O8. The number of carboxylic acid groups (broad SMARTS) is 1. The van der Waals surface area contributed by atoms with Gasteiger partial charge in [-0.15, -0.1) is 0 Å². The van der Waals surface area contributed by atoms with Gasteiger partial charge in [-0.05, 0) is 6.42 Å². The second kappa shape index (κ2) is 13.5. The molecule has 16 heteroatoms. The number of primary amides is 2. The van der Waals surface area contributed by atoms with Gasteiger partial charge >= 0.3 is 5.97 Å². The molecule has 0 aliphatic rings. The SMILES string of the molecule is NC(=O)CCC(N)C(=O)NC(CO)C(=O)NC(CC(N)=O)C(=O)NC(Cc1cnc[nH]1)C(=O)O. The van der Waals surface area contributed by atoms with E-state index in [9.17, 15) is 39.0 Å². The number of hydrogen-bond donors (Lipinski definition) is 9. The van der Waals surface area contributed by atoms with E-state index in [4.69, 9.17) is 17.2 Å². The molecule has 1 aromatic rings. The minimum absolute atomic E-state index is 0.111. The molecule has 12 N–H and O–H groups in total. The zero-order chi connectivity index (χ0) is 25.8. The highest BCUT2D eigenvalue weighted by Gasteiger charge is 2.31. The van der Waals surface area contributed by atoms with Crippen LogP contribution < -0.4 is 33.2 Å². The highest BCUT2D eigenvalue weighted by atomic mass is 16.4. The summed E-state index contributed by atoms with van der Waals surface area (Å²) in [6, 6.07) is -5.83. The van der Waals surface area contributed by atoms with Crippen molar-refractivity contribution in [1.82, 2.24) is 25.9 Å². The van der Waals surface area contributed by atoms with Crippen molar-refractivity contribution in [3.05, 3.63) is 18.2 Å². The van der Waals surface area contributed by atoms with Crippen LogP contribution in [0.1, 0.15) is 25.0 Å². The van der Waals surface area contributed by atoms with Crippen molar-refractivity contribution in [2.24, 2.45) is 17.2 Å². The quantitative estimate of drug-likeness (QED) is 0.114. The molecule has 188 valence electrons. The van der Waals surface area contributed by atoms with Crippen molar-refractivity contribution < 1.29 is 39.0 Å². The summed E-state index contributed by atoms with van der Waals surface area (Å²) in [7, 11) is 0. The van der Waals surface area contributed by atoms with E-state index in [0.29, 0.717) is 5.69 Å². The van der Waals surface area contributed by atoms with E-state index < -0.39 is 72.7 Å². The molecule has 4 atom stereocenters. The first-order valence-electron chi connectivity index (χ1n) is 9.98. The minimum atomic E-state index is -1.61. The molecule has 1 aromatic heterocycles. The van der Waals surface area contributed by atoms with E-state index in [-0.39, 0.29) is 19.3 Å². The number of aliphatic hydroxyl groups excluding tert-OH is 1. The monoisotopic (exact) mass is 484 g/mol. The summed E-state index contributed by atoms with van der Waals surface area (Å²) >= 11 is 0. The van der Waals surface area contributed by atoms with Gasteiger partial charge in [-0.25, -0.2) is 9.78 Å². The van der Waals surface area contributed by atoms with E-state index in [2.05, 4.69) is 25.9 Å². The standard InChI is InChI=1S/C18H28N8O8/c19-9(1-2-13(20)28)15(30)26-12(6-27)17(32)24-10(4-14(21)29)16(31)25-11(18(33)34)3-8-5-22-7-23-8/h5,7,9-12,27H,1-4,6,19H2,(H2,20,28)(H2,21,29)(H,22,23)(H,24,32)(H,25,31)(H,26,30)(H,33,34). The Hall–Kier alpha value is -4.05. The third-order valence-electron chi connectivity index (χ3n) is 4.49. The molecule has 0 fully saturated rings. The molecule has 0 bridgehead atoms. The topological polar surface area (TPSA) is 286 Å². The average molecular weight is 484 g/mol. The van der Waals surface area contributed by atoms with Crippen LogP contribution in [0.3, 0.4) is 0 Å². The molecule has 0 saturated heterocycles. The fourth-order valence-electron chi connectivity index (χ4n) is 2.67. The lowest BCUT2D eigenvalue weighted by atomic mass is 10.1. The Labute approximate surface area is 193 Å². The van der Waals surface area contributed by atoms with Crippen LogP contribution in [0.15, 0.2) is 12.5 Å². The number of H-pyrrole nitrogens is 1. The highest BCUT2D eigenvalue weighted by Crippen LogP contribution is 2.02. The van der Waals surface area contributed by atoms with Crippen LogP contribution in [0.4, 0.5) is 0 Å². The predicted octanol–water partition coefficient (Wildman–Crippen LogP) is -5.05. The minimum Gasteiger partial charge on any atom is -0.480 e. The van der Waals surface area contributed by atoms with Gasteiger partial charge in [-0.3, -0.25) is 24.0 Å². The van der Waals surface area contributed by atoms with Crippen LogP contribution in [0.25, 0.3) is 0 Å². The lowest BCUT2D eigenvalue weighted by Crippen LogP contribution is -2.58. The summed E-state index contributed by atoms with van der Waals surface area (Å²) in [6.07, 6.45) is 1.51. The number of aromatic amines is 1. The Morgan fingerprint density at radius 3 is 2.03 bits per heavy atom. The lowest BCUT2D eigenvalue weighted by molar-refractivity contribution is -0.142. The Bertz CT molecular complexity index is 891. The Balaban J connectivity index is 2.85. The van der Waals surface area contributed by atoms with Gasteiger partial charge in [0.05, 0.1) is 25.4 Å². The molecule has 0 aliphatic heterocycles. The molecular weight excluding hydrogens is 456 g/mol. The number of hydrogen-bond acceptors (Lipinski definition) is 9. The summed E-state index contributed by atoms with van der Waals surface area (Å²) in [5, 5.41) is 25.3. The number of rotatable bonds is 15. The zero-order valence-corrected chi connectivity index (χ0v) is 18.0. The molecule has 0 spiro atoms. The molecule has 34 heavy (non-hydrogen) atoms. The molecule has 0 radical (unpaired) electrons. The second-order valence-electron chi connectivity index (χ2n) is 7.27. The largest absolute Gasteiger partial charge is 0.480 e. The van der Waals surface area contributed by atoms with Gasteiger partial charge in [0, 0.05) is 24.7 Å². The number of aliphatic hydroxyl groups is 1. The molecule has 1 heterocycles. The van der Waals surface area contributed by atoms with Crippen molar-refractivity contribution in [2.45, 2.75) is 49.9 Å².